The summed E-state index contributed by atoms with van der Waals surface area (Å²) in [5.74, 6) is 0. The SMILES string of the molecule is O=S(=O)(O)c1cc(Br)cc2c(Br)cccc12. The lowest BCUT2D eigenvalue weighted by Gasteiger charge is -2.06. The minimum absolute atomic E-state index is 0.0989. The zero-order valence-corrected chi connectivity index (χ0v) is 11.8. The predicted octanol–water partition coefficient (Wildman–Crippen LogP) is 3.61. The van der Waals surface area contributed by atoms with Gasteiger partial charge in [0.2, 0.25) is 0 Å². The molecule has 0 aliphatic heterocycles. The highest BCUT2D eigenvalue weighted by Crippen LogP contribution is 2.32. The molecule has 0 bridgehead atoms. The molecule has 0 aromatic heterocycles. The van der Waals surface area contributed by atoms with Crippen molar-refractivity contribution in [2.75, 3.05) is 0 Å². The van der Waals surface area contributed by atoms with E-state index >= 15 is 0 Å². The second-order valence-electron chi connectivity index (χ2n) is 3.21. The third kappa shape index (κ3) is 2.15. The van der Waals surface area contributed by atoms with E-state index in [4.69, 9.17) is 4.55 Å². The van der Waals surface area contributed by atoms with Gasteiger partial charge in [-0.3, -0.25) is 4.55 Å². The summed E-state index contributed by atoms with van der Waals surface area (Å²) < 4.78 is 33.0. The largest absolute Gasteiger partial charge is 0.295 e. The molecular formula is C10H6Br2O3S. The molecule has 0 atom stereocenters. The topological polar surface area (TPSA) is 54.4 Å². The quantitative estimate of drug-likeness (QED) is 0.785. The van der Waals surface area contributed by atoms with Crippen molar-refractivity contribution < 1.29 is 13.0 Å². The van der Waals surface area contributed by atoms with Crippen molar-refractivity contribution in [1.29, 1.82) is 0 Å². The number of hydrogen-bond donors (Lipinski definition) is 1. The molecule has 6 heteroatoms. The molecule has 3 nitrogen and oxygen atoms in total. The molecule has 0 unspecified atom stereocenters. The number of fused-ring (bicyclic) bond motifs is 1. The third-order valence-corrected chi connectivity index (χ3v) is 4.19. The van der Waals surface area contributed by atoms with Crippen LogP contribution < -0.4 is 0 Å². The normalized spacial score (nSPS) is 11.9. The Hall–Kier alpha value is -0.430. The third-order valence-electron chi connectivity index (χ3n) is 2.15. The van der Waals surface area contributed by atoms with Gasteiger partial charge in [-0.25, -0.2) is 0 Å². The van der Waals surface area contributed by atoms with Crippen molar-refractivity contribution >= 4 is 52.8 Å². The van der Waals surface area contributed by atoms with Crippen LogP contribution in [0.1, 0.15) is 0 Å². The number of rotatable bonds is 1. The average Bonchev–Trinajstić information content (AvgIpc) is 2.17. The van der Waals surface area contributed by atoms with Crippen molar-refractivity contribution in [3.63, 3.8) is 0 Å². The Balaban J connectivity index is 3.01. The molecule has 0 saturated carbocycles. The number of benzene rings is 2. The van der Waals surface area contributed by atoms with E-state index in [0.29, 0.717) is 9.86 Å². The maximum absolute atomic E-state index is 11.2. The molecule has 1 N–H and O–H groups in total. The van der Waals surface area contributed by atoms with Gasteiger partial charge in [-0.2, -0.15) is 8.42 Å². The average molecular weight is 366 g/mol. The van der Waals surface area contributed by atoms with Crippen molar-refractivity contribution in [3.05, 3.63) is 39.3 Å². The molecule has 0 radical (unpaired) electrons. The lowest BCUT2D eigenvalue weighted by molar-refractivity contribution is 0.484. The van der Waals surface area contributed by atoms with E-state index in [0.717, 1.165) is 9.86 Å². The summed E-state index contributed by atoms with van der Waals surface area (Å²) in [6, 6.07) is 8.34. The Labute approximate surface area is 109 Å². The van der Waals surface area contributed by atoms with E-state index in [1.54, 1.807) is 18.2 Å². The Morgan fingerprint density at radius 2 is 1.75 bits per heavy atom. The van der Waals surface area contributed by atoms with Crippen molar-refractivity contribution in [2.24, 2.45) is 0 Å². The highest BCUT2D eigenvalue weighted by atomic mass is 79.9. The fourth-order valence-corrected chi connectivity index (χ4v) is 3.32. The first-order valence-electron chi connectivity index (χ1n) is 4.25. The summed E-state index contributed by atoms with van der Waals surface area (Å²) in [5, 5.41) is 1.21. The van der Waals surface area contributed by atoms with Gasteiger partial charge >= 0.3 is 0 Å². The van der Waals surface area contributed by atoms with Gasteiger partial charge in [0.25, 0.3) is 10.1 Å². The predicted molar refractivity (Wildman–Crippen MR) is 69.2 cm³/mol. The van der Waals surface area contributed by atoms with Crippen molar-refractivity contribution in [3.8, 4) is 0 Å². The van der Waals surface area contributed by atoms with Gasteiger partial charge < -0.3 is 0 Å². The maximum atomic E-state index is 11.2. The van der Waals surface area contributed by atoms with Crippen molar-refractivity contribution in [2.45, 2.75) is 4.90 Å². The van der Waals surface area contributed by atoms with E-state index in [1.165, 1.54) is 6.07 Å². The van der Waals surface area contributed by atoms with Crippen LogP contribution in [0.15, 0.2) is 44.2 Å². The molecule has 16 heavy (non-hydrogen) atoms. The minimum atomic E-state index is -4.22. The second kappa shape index (κ2) is 4.10. The maximum Gasteiger partial charge on any atom is 0.295 e. The second-order valence-corrected chi connectivity index (χ2v) is 6.37. The van der Waals surface area contributed by atoms with Crippen LogP contribution in [0.25, 0.3) is 10.8 Å². The summed E-state index contributed by atoms with van der Waals surface area (Å²) in [4.78, 5) is -0.0989. The minimum Gasteiger partial charge on any atom is -0.282 e. The van der Waals surface area contributed by atoms with Crippen LogP contribution in [-0.4, -0.2) is 13.0 Å². The van der Waals surface area contributed by atoms with E-state index in [2.05, 4.69) is 31.9 Å². The van der Waals surface area contributed by atoms with E-state index in [9.17, 15) is 8.42 Å². The van der Waals surface area contributed by atoms with E-state index < -0.39 is 10.1 Å². The fourth-order valence-electron chi connectivity index (χ4n) is 1.49. The van der Waals surface area contributed by atoms with Crippen LogP contribution >= 0.6 is 31.9 Å². The Morgan fingerprint density at radius 1 is 1.06 bits per heavy atom. The van der Waals surface area contributed by atoms with E-state index in [-0.39, 0.29) is 4.90 Å². The van der Waals surface area contributed by atoms with Crippen LogP contribution in [0.3, 0.4) is 0 Å². The first kappa shape index (κ1) is 12.0. The first-order valence-corrected chi connectivity index (χ1v) is 7.27. The smallest absolute Gasteiger partial charge is 0.282 e. The molecule has 0 aliphatic carbocycles. The van der Waals surface area contributed by atoms with Gasteiger partial charge in [-0.1, -0.05) is 44.0 Å². The van der Waals surface area contributed by atoms with Gasteiger partial charge in [0.15, 0.2) is 0 Å². The molecule has 0 amide bonds. The molecule has 0 fully saturated rings. The molecule has 0 spiro atoms. The molecule has 2 aromatic rings. The highest BCUT2D eigenvalue weighted by Gasteiger charge is 2.15. The standard InChI is InChI=1S/C10H6Br2O3S/c11-6-4-8-7(2-1-3-9(8)12)10(5-6)16(13,14)15/h1-5H,(H,13,14,15). The molecule has 2 aromatic carbocycles. The Kier molecular flexibility index (Phi) is 3.09. The fraction of sp³-hybridized carbons (Fsp3) is 0. The summed E-state index contributed by atoms with van der Waals surface area (Å²) in [5.41, 5.74) is 0. The summed E-state index contributed by atoms with van der Waals surface area (Å²) in [6.07, 6.45) is 0. The van der Waals surface area contributed by atoms with Crippen molar-refractivity contribution in [1.82, 2.24) is 0 Å². The van der Waals surface area contributed by atoms with E-state index in [1.807, 2.05) is 6.07 Å². The van der Waals surface area contributed by atoms with Gasteiger partial charge in [-0.15, -0.1) is 0 Å². The highest BCUT2D eigenvalue weighted by molar-refractivity contribution is 9.11. The van der Waals surface area contributed by atoms with Gasteiger partial charge in [0.05, 0.1) is 0 Å². The van der Waals surface area contributed by atoms with Crippen LogP contribution in [-0.2, 0) is 10.1 Å². The van der Waals surface area contributed by atoms with Gasteiger partial charge in [0, 0.05) is 14.3 Å². The van der Waals surface area contributed by atoms with Gasteiger partial charge in [-0.05, 0) is 23.6 Å². The first-order chi connectivity index (χ1) is 7.39. The number of halogens is 2. The number of hydrogen-bond acceptors (Lipinski definition) is 2. The molecule has 84 valence electrons. The van der Waals surface area contributed by atoms with Crippen LogP contribution in [0.4, 0.5) is 0 Å². The van der Waals surface area contributed by atoms with Gasteiger partial charge in [0.1, 0.15) is 4.90 Å². The molecule has 0 saturated heterocycles. The van der Waals surface area contributed by atoms with Crippen LogP contribution in [0.2, 0.25) is 0 Å². The molecule has 2 rings (SSSR count). The van der Waals surface area contributed by atoms with Crippen LogP contribution in [0.5, 0.6) is 0 Å². The monoisotopic (exact) mass is 364 g/mol. The zero-order chi connectivity index (χ0) is 11.9. The molecule has 0 aliphatic rings. The summed E-state index contributed by atoms with van der Waals surface area (Å²) >= 11 is 6.55. The zero-order valence-electron chi connectivity index (χ0n) is 7.81. The summed E-state index contributed by atoms with van der Waals surface area (Å²) in [6.45, 7) is 0. The Bertz CT molecular complexity index is 665. The lowest BCUT2D eigenvalue weighted by Crippen LogP contribution is -1.99. The molecule has 0 heterocycles. The molecular weight excluding hydrogens is 360 g/mol. The van der Waals surface area contributed by atoms with Crippen LogP contribution in [0, 0.1) is 0 Å². The Morgan fingerprint density at radius 3 is 2.38 bits per heavy atom. The summed E-state index contributed by atoms with van der Waals surface area (Å²) in [7, 11) is -4.22. The lowest BCUT2D eigenvalue weighted by atomic mass is 10.1.